The van der Waals surface area contributed by atoms with Crippen molar-refractivity contribution < 1.29 is 24.2 Å². The molecule has 4 rings (SSSR count). The van der Waals surface area contributed by atoms with Gasteiger partial charge in [-0.05, 0) is 40.5 Å². The number of rotatable bonds is 6. The summed E-state index contributed by atoms with van der Waals surface area (Å²) in [7, 11) is 0. The van der Waals surface area contributed by atoms with Crippen LogP contribution in [-0.2, 0) is 14.3 Å². The van der Waals surface area contributed by atoms with Crippen molar-refractivity contribution in [2.75, 3.05) is 13.2 Å². The van der Waals surface area contributed by atoms with Gasteiger partial charge in [-0.3, -0.25) is 4.79 Å². The van der Waals surface area contributed by atoms with Crippen LogP contribution in [0.5, 0.6) is 0 Å². The van der Waals surface area contributed by atoms with Gasteiger partial charge >= 0.3 is 12.1 Å². The Bertz CT molecular complexity index is 1040. The number of carboxylic acid groups (broad SMARTS) is 1. The molecule has 2 aromatic rings. The Morgan fingerprint density at radius 2 is 1.65 bits per heavy atom. The van der Waals surface area contributed by atoms with E-state index in [1.807, 2.05) is 45.0 Å². The van der Waals surface area contributed by atoms with Crippen LogP contribution in [0.3, 0.4) is 0 Å². The van der Waals surface area contributed by atoms with E-state index in [4.69, 9.17) is 4.74 Å². The maximum Gasteiger partial charge on any atom is 0.407 e. The number of amides is 2. The number of carboxylic acids is 1. The average molecular weight is 465 g/mol. The van der Waals surface area contributed by atoms with Crippen LogP contribution in [0.25, 0.3) is 11.1 Å². The van der Waals surface area contributed by atoms with E-state index in [0.29, 0.717) is 19.4 Å². The molecule has 34 heavy (non-hydrogen) atoms. The van der Waals surface area contributed by atoms with Crippen LogP contribution < -0.4 is 5.32 Å². The number of hydrogen-bond donors (Lipinski definition) is 2. The summed E-state index contributed by atoms with van der Waals surface area (Å²) >= 11 is 0. The Labute approximate surface area is 200 Å². The quantitative estimate of drug-likeness (QED) is 0.660. The second-order valence-electron chi connectivity index (χ2n) is 10.2. The molecular formula is C27H32N2O5. The van der Waals surface area contributed by atoms with Gasteiger partial charge < -0.3 is 20.1 Å². The number of carbonyl (C=O) groups is 3. The number of nitrogens with zero attached hydrogens (tertiary/aromatic N) is 1. The van der Waals surface area contributed by atoms with E-state index >= 15 is 0 Å². The zero-order valence-electron chi connectivity index (χ0n) is 19.9. The van der Waals surface area contributed by atoms with Crippen molar-refractivity contribution in [2.24, 2.45) is 5.41 Å². The highest BCUT2D eigenvalue weighted by Crippen LogP contribution is 2.44. The molecule has 1 fully saturated rings. The molecule has 180 valence electrons. The molecule has 0 radical (unpaired) electrons. The van der Waals surface area contributed by atoms with Crippen LogP contribution in [0.1, 0.15) is 57.1 Å². The Morgan fingerprint density at radius 1 is 1.06 bits per heavy atom. The molecule has 2 amide bonds. The van der Waals surface area contributed by atoms with Crippen molar-refractivity contribution in [1.82, 2.24) is 10.2 Å². The number of fused-ring (bicyclic) bond motifs is 3. The van der Waals surface area contributed by atoms with Gasteiger partial charge in [0.15, 0.2) is 0 Å². The molecule has 2 aromatic carbocycles. The van der Waals surface area contributed by atoms with Crippen molar-refractivity contribution in [1.29, 1.82) is 0 Å². The van der Waals surface area contributed by atoms with Crippen LogP contribution in [-0.4, -0.2) is 53.2 Å². The lowest BCUT2D eigenvalue weighted by Crippen LogP contribution is -2.49. The van der Waals surface area contributed by atoms with Gasteiger partial charge in [0.25, 0.3) is 0 Å². The average Bonchev–Trinajstić information content (AvgIpc) is 3.40. The van der Waals surface area contributed by atoms with Crippen molar-refractivity contribution >= 4 is 18.0 Å². The molecule has 2 N–H and O–H groups in total. The van der Waals surface area contributed by atoms with E-state index in [1.165, 1.54) is 4.90 Å². The van der Waals surface area contributed by atoms with Gasteiger partial charge in [0.05, 0.1) is 0 Å². The summed E-state index contributed by atoms with van der Waals surface area (Å²) in [5, 5.41) is 12.3. The van der Waals surface area contributed by atoms with Crippen LogP contribution in [0.15, 0.2) is 48.5 Å². The molecule has 1 aliphatic carbocycles. The third kappa shape index (κ3) is 4.79. The van der Waals surface area contributed by atoms with Gasteiger partial charge in [0, 0.05) is 24.9 Å². The summed E-state index contributed by atoms with van der Waals surface area (Å²) in [5.74, 6) is -1.29. The van der Waals surface area contributed by atoms with E-state index in [-0.39, 0.29) is 24.9 Å². The molecule has 1 saturated heterocycles. The number of ether oxygens (including phenoxy) is 1. The van der Waals surface area contributed by atoms with Crippen molar-refractivity contribution in [3.63, 3.8) is 0 Å². The third-order valence-corrected chi connectivity index (χ3v) is 6.92. The second-order valence-corrected chi connectivity index (χ2v) is 10.2. The van der Waals surface area contributed by atoms with Crippen molar-refractivity contribution in [2.45, 2.75) is 58.0 Å². The molecule has 0 aromatic heterocycles. The first kappa shape index (κ1) is 23.8. The minimum atomic E-state index is -0.984. The Balaban J connectivity index is 1.41. The summed E-state index contributed by atoms with van der Waals surface area (Å²) < 4.78 is 5.66. The highest BCUT2D eigenvalue weighted by molar-refractivity contribution is 5.85. The van der Waals surface area contributed by atoms with Gasteiger partial charge in [-0.2, -0.15) is 0 Å². The first-order valence-corrected chi connectivity index (χ1v) is 11.8. The third-order valence-electron chi connectivity index (χ3n) is 6.92. The smallest absolute Gasteiger partial charge is 0.407 e. The number of likely N-dealkylation sites (tertiary alicyclic amines) is 1. The SMILES string of the molecule is CC(C)(C)C(CC(=O)N1CCCC1C(=O)O)NC(=O)OCC1c2ccccc2-c2ccccc21. The molecule has 2 aliphatic rings. The lowest BCUT2D eigenvalue weighted by atomic mass is 9.84. The maximum absolute atomic E-state index is 12.9. The number of alkyl carbamates (subject to hydrolysis) is 1. The highest BCUT2D eigenvalue weighted by Gasteiger charge is 2.37. The number of carbonyl (C=O) groups excluding carboxylic acids is 2. The van der Waals surface area contributed by atoms with E-state index in [1.54, 1.807) is 0 Å². The number of benzene rings is 2. The van der Waals surface area contributed by atoms with Gasteiger partial charge in [-0.25, -0.2) is 9.59 Å². The summed E-state index contributed by atoms with van der Waals surface area (Å²) in [6.07, 6.45) is 0.576. The van der Waals surface area contributed by atoms with Crippen LogP contribution in [0.2, 0.25) is 0 Å². The minimum Gasteiger partial charge on any atom is -0.480 e. The van der Waals surface area contributed by atoms with Crippen molar-refractivity contribution in [3.8, 4) is 11.1 Å². The summed E-state index contributed by atoms with van der Waals surface area (Å²) in [6, 6.07) is 15.0. The fraction of sp³-hybridized carbons (Fsp3) is 0.444. The van der Waals surface area contributed by atoms with E-state index in [2.05, 4.69) is 29.6 Å². The first-order valence-electron chi connectivity index (χ1n) is 11.8. The zero-order chi connectivity index (χ0) is 24.5. The molecular weight excluding hydrogens is 432 g/mol. The highest BCUT2D eigenvalue weighted by atomic mass is 16.5. The molecule has 2 unspecified atom stereocenters. The minimum absolute atomic E-state index is 0.0253. The predicted octanol–water partition coefficient (Wildman–Crippen LogP) is 4.41. The van der Waals surface area contributed by atoms with Gasteiger partial charge in [0.1, 0.15) is 12.6 Å². The summed E-state index contributed by atoms with van der Waals surface area (Å²) in [6.45, 7) is 6.43. The molecule has 1 heterocycles. The number of hydrogen-bond acceptors (Lipinski definition) is 4. The van der Waals surface area contributed by atoms with Crippen molar-refractivity contribution in [3.05, 3.63) is 59.7 Å². The molecule has 2 atom stereocenters. The lowest BCUT2D eigenvalue weighted by molar-refractivity contribution is -0.148. The van der Waals surface area contributed by atoms with Gasteiger partial charge in [-0.15, -0.1) is 0 Å². The van der Waals surface area contributed by atoms with Gasteiger partial charge in [-0.1, -0.05) is 69.3 Å². The fourth-order valence-corrected chi connectivity index (χ4v) is 4.97. The Hall–Kier alpha value is -3.35. The number of aliphatic carboxylic acids is 1. The van der Waals surface area contributed by atoms with E-state index < -0.39 is 29.6 Å². The number of nitrogens with one attached hydrogen (secondary N) is 1. The lowest BCUT2D eigenvalue weighted by Gasteiger charge is -2.33. The molecule has 7 nitrogen and oxygen atoms in total. The largest absolute Gasteiger partial charge is 0.480 e. The Morgan fingerprint density at radius 3 is 2.21 bits per heavy atom. The molecule has 7 heteroatoms. The molecule has 0 saturated carbocycles. The summed E-state index contributed by atoms with van der Waals surface area (Å²) in [4.78, 5) is 38.6. The van der Waals surface area contributed by atoms with E-state index in [9.17, 15) is 19.5 Å². The van der Waals surface area contributed by atoms with E-state index in [0.717, 1.165) is 22.3 Å². The normalized spacial score (nSPS) is 18.2. The Kier molecular flexibility index (Phi) is 6.64. The first-order chi connectivity index (χ1) is 16.2. The van der Waals surface area contributed by atoms with Crippen LogP contribution in [0, 0.1) is 5.41 Å². The van der Waals surface area contributed by atoms with Crippen LogP contribution >= 0.6 is 0 Å². The predicted molar refractivity (Wildman–Crippen MR) is 128 cm³/mol. The topological polar surface area (TPSA) is 95.9 Å². The molecule has 0 spiro atoms. The monoisotopic (exact) mass is 464 g/mol. The second kappa shape index (κ2) is 9.49. The molecule has 0 bridgehead atoms. The fourth-order valence-electron chi connectivity index (χ4n) is 4.97. The standard InChI is InChI=1S/C27H32N2O5/c1-27(2,3)23(15-24(30)29-14-8-13-22(29)25(31)32)28-26(33)34-16-21-19-11-6-4-9-17(19)18-10-5-7-12-20(18)21/h4-7,9-12,21-23H,8,13-16H2,1-3H3,(H,28,33)(H,31,32). The maximum atomic E-state index is 12.9. The van der Waals surface area contributed by atoms with Crippen LogP contribution in [0.4, 0.5) is 4.79 Å². The molecule has 1 aliphatic heterocycles. The summed E-state index contributed by atoms with van der Waals surface area (Å²) in [5.41, 5.74) is 4.16. The van der Waals surface area contributed by atoms with Gasteiger partial charge in [0.2, 0.25) is 5.91 Å². The zero-order valence-corrected chi connectivity index (χ0v) is 19.9.